The SMILES string of the molecule is CC1CN(CC(=O)c2ccc[nH]2)CCS1. The van der Waals surface area contributed by atoms with Crippen LogP contribution in [0.3, 0.4) is 0 Å². The van der Waals surface area contributed by atoms with Crippen molar-refractivity contribution in [1.29, 1.82) is 0 Å². The van der Waals surface area contributed by atoms with Gasteiger partial charge >= 0.3 is 0 Å². The number of carbonyl (C=O) groups is 1. The van der Waals surface area contributed by atoms with Crippen LogP contribution in [0.5, 0.6) is 0 Å². The van der Waals surface area contributed by atoms with Crippen LogP contribution in [0.2, 0.25) is 0 Å². The van der Waals surface area contributed by atoms with Crippen molar-refractivity contribution in [3.63, 3.8) is 0 Å². The second-order valence-corrected chi connectivity index (χ2v) is 5.47. The average Bonchev–Trinajstić information content (AvgIpc) is 2.70. The number of ketones is 1. The molecule has 0 radical (unpaired) electrons. The van der Waals surface area contributed by atoms with Crippen LogP contribution in [0.4, 0.5) is 0 Å². The summed E-state index contributed by atoms with van der Waals surface area (Å²) in [4.78, 5) is 17.0. The minimum Gasteiger partial charge on any atom is -0.359 e. The number of hydrogen-bond donors (Lipinski definition) is 1. The highest BCUT2D eigenvalue weighted by atomic mass is 32.2. The minimum atomic E-state index is 0.194. The zero-order valence-corrected chi connectivity index (χ0v) is 9.72. The van der Waals surface area contributed by atoms with E-state index in [2.05, 4.69) is 16.8 Å². The first-order valence-corrected chi connectivity index (χ1v) is 6.31. The topological polar surface area (TPSA) is 36.1 Å². The van der Waals surface area contributed by atoms with Gasteiger partial charge in [-0.15, -0.1) is 0 Å². The third kappa shape index (κ3) is 2.86. The van der Waals surface area contributed by atoms with E-state index in [1.54, 1.807) is 6.20 Å². The molecule has 0 bridgehead atoms. The zero-order valence-electron chi connectivity index (χ0n) is 8.90. The minimum absolute atomic E-state index is 0.194. The Morgan fingerprint density at radius 2 is 2.60 bits per heavy atom. The number of H-pyrrole nitrogens is 1. The normalized spacial score (nSPS) is 22.9. The monoisotopic (exact) mass is 224 g/mol. The number of hydrogen-bond acceptors (Lipinski definition) is 3. The van der Waals surface area contributed by atoms with Gasteiger partial charge in [-0.3, -0.25) is 9.69 Å². The van der Waals surface area contributed by atoms with Gasteiger partial charge in [-0.2, -0.15) is 11.8 Å². The molecule has 15 heavy (non-hydrogen) atoms. The van der Waals surface area contributed by atoms with Gasteiger partial charge in [0.25, 0.3) is 0 Å². The molecule has 0 saturated carbocycles. The summed E-state index contributed by atoms with van der Waals surface area (Å²) in [6, 6.07) is 3.70. The molecule has 1 unspecified atom stereocenters. The van der Waals surface area contributed by atoms with Crippen LogP contribution in [-0.2, 0) is 0 Å². The lowest BCUT2D eigenvalue weighted by Crippen LogP contribution is -2.39. The van der Waals surface area contributed by atoms with E-state index in [1.165, 1.54) is 0 Å². The molecule has 1 saturated heterocycles. The summed E-state index contributed by atoms with van der Waals surface area (Å²) in [5.41, 5.74) is 0.723. The zero-order chi connectivity index (χ0) is 10.7. The highest BCUT2D eigenvalue weighted by molar-refractivity contribution is 7.99. The molecular formula is C11H16N2OS. The first-order valence-electron chi connectivity index (χ1n) is 5.26. The standard InChI is InChI=1S/C11H16N2OS/c1-9-7-13(5-6-15-9)8-11(14)10-3-2-4-12-10/h2-4,9,12H,5-8H2,1H3. The predicted molar refractivity (Wildman–Crippen MR) is 63.5 cm³/mol. The maximum Gasteiger partial charge on any atom is 0.192 e. The average molecular weight is 224 g/mol. The molecule has 3 nitrogen and oxygen atoms in total. The van der Waals surface area contributed by atoms with E-state index in [-0.39, 0.29) is 5.78 Å². The lowest BCUT2D eigenvalue weighted by atomic mass is 10.2. The maximum atomic E-state index is 11.8. The fourth-order valence-corrected chi connectivity index (χ4v) is 2.91. The molecule has 1 aliphatic heterocycles. The van der Waals surface area contributed by atoms with Crippen LogP contribution in [0.25, 0.3) is 0 Å². The van der Waals surface area contributed by atoms with Gasteiger partial charge in [0, 0.05) is 30.3 Å². The summed E-state index contributed by atoms with van der Waals surface area (Å²) in [6.07, 6.45) is 1.79. The van der Waals surface area contributed by atoms with Crippen LogP contribution in [-0.4, -0.2) is 46.3 Å². The van der Waals surface area contributed by atoms with Crippen molar-refractivity contribution >= 4 is 17.5 Å². The Kier molecular flexibility index (Phi) is 3.49. The number of aromatic nitrogens is 1. The van der Waals surface area contributed by atoms with Gasteiger partial charge in [-0.25, -0.2) is 0 Å². The van der Waals surface area contributed by atoms with Crippen LogP contribution in [0, 0.1) is 0 Å². The van der Waals surface area contributed by atoms with Crippen molar-refractivity contribution in [2.45, 2.75) is 12.2 Å². The van der Waals surface area contributed by atoms with Crippen molar-refractivity contribution in [1.82, 2.24) is 9.88 Å². The molecule has 1 atom stereocenters. The van der Waals surface area contributed by atoms with E-state index in [9.17, 15) is 4.79 Å². The number of nitrogens with zero attached hydrogens (tertiary/aromatic N) is 1. The first kappa shape index (κ1) is 10.8. The van der Waals surface area contributed by atoms with E-state index in [0.29, 0.717) is 11.8 Å². The summed E-state index contributed by atoms with van der Waals surface area (Å²) in [6.45, 7) is 4.82. The van der Waals surface area contributed by atoms with E-state index < -0.39 is 0 Å². The van der Waals surface area contributed by atoms with Gasteiger partial charge in [0.2, 0.25) is 0 Å². The molecule has 2 rings (SSSR count). The van der Waals surface area contributed by atoms with Crippen molar-refractivity contribution in [2.24, 2.45) is 0 Å². The Labute approximate surface area is 94.2 Å². The van der Waals surface area contributed by atoms with Crippen LogP contribution < -0.4 is 0 Å². The molecule has 1 N–H and O–H groups in total. The van der Waals surface area contributed by atoms with E-state index >= 15 is 0 Å². The third-order valence-corrected chi connectivity index (χ3v) is 3.73. The van der Waals surface area contributed by atoms with Gasteiger partial charge in [0.1, 0.15) is 0 Å². The molecule has 0 amide bonds. The number of carbonyl (C=O) groups excluding carboxylic acids is 1. The largest absolute Gasteiger partial charge is 0.359 e. The number of aromatic amines is 1. The fraction of sp³-hybridized carbons (Fsp3) is 0.545. The molecule has 2 heterocycles. The lowest BCUT2D eigenvalue weighted by Gasteiger charge is -2.29. The van der Waals surface area contributed by atoms with Crippen molar-refractivity contribution in [2.75, 3.05) is 25.4 Å². The Morgan fingerprint density at radius 3 is 3.27 bits per heavy atom. The Bertz CT molecular complexity index is 323. The summed E-state index contributed by atoms with van der Waals surface area (Å²) in [5.74, 6) is 1.33. The number of rotatable bonds is 3. The van der Waals surface area contributed by atoms with Crippen molar-refractivity contribution in [3.05, 3.63) is 24.0 Å². The quantitative estimate of drug-likeness (QED) is 0.793. The van der Waals surface area contributed by atoms with E-state index in [4.69, 9.17) is 0 Å². The van der Waals surface area contributed by atoms with Gasteiger partial charge in [-0.1, -0.05) is 6.92 Å². The molecule has 0 aromatic carbocycles. The maximum absolute atomic E-state index is 11.8. The van der Waals surface area contributed by atoms with Crippen molar-refractivity contribution in [3.8, 4) is 0 Å². The molecule has 1 fully saturated rings. The first-order chi connectivity index (χ1) is 7.25. The van der Waals surface area contributed by atoms with Crippen LogP contribution in [0.15, 0.2) is 18.3 Å². The Balaban J connectivity index is 1.89. The molecular weight excluding hydrogens is 208 g/mol. The molecule has 0 spiro atoms. The summed E-state index contributed by atoms with van der Waals surface area (Å²) in [5, 5.41) is 0.648. The van der Waals surface area contributed by atoms with Gasteiger partial charge < -0.3 is 4.98 Å². The molecule has 4 heteroatoms. The summed E-state index contributed by atoms with van der Waals surface area (Å²) >= 11 is 1.99. The van der Waals surface area contributed by atoms with Gasteiger partial charge in [-0.05, 0) is 12.1 Å². The van der Waals surface area contributed by atoms with Crippen LogP contribution in [0.1, 0.15) is 17.4 Å². The Morgan fingerprint density at radius 1 is 1.73 bits per heavy atom. The Hall–Kier alpha value is -0.740. The molecule has 1 aromatic heterocycles. The van der Waals surface area contributed by atoms with Gasteiger partial charge in [0.05, 0.1) is 12.2 Å². The summed E-state index contributed by atoms with van der Waals surface area (Å²) < 4.78 is 0. The molecule has 82 valence electrons. The third-order valence-electron chi connectivity index (χ3n) is 2.59. The predicted octanol–water partition coefficient (Wildman–Crippen LogP) is 1.63. The second kappa shape index (κ2) is 4.86. The number of thioether (sulfide) groups is 1. The van der Waals surface area contributed by atoms with Crippen LogP contribution >= 0.6 is 11.8 Å². The van der Waals surface area contributed by atoms with E-state index in [0.717, 1.165) is 24.5 Å². The highest BCUT2D eigenvalue weighted by Gasteiger charge is 2.19. The van der Waals surface area contributed by atoms with E-state index in [1.807, 2.05) is 23.9 Å². The number of Topliss-reactive ketones (excluding diaryl/α,β-unsaturated/α-hetero) is 1. The second-order valence-electron chi connectivity index (χ2n) is 3.92. The lowest BCUT2D eigenvalue weighted by molar-refractivity contribution is 0.0929. The van der Waals surface area contributed by atoms with Crippen molar-refractivity contribution < 1.29 is 4.79 Å². The smallest absolute Gasteiger partial charge is 0.192 e. The molecule has 0 aliphatic carbocycles. The fourth-order valence-electron chi connectivity index (χ4n) is 1.83. The molecule has 1 aromatic rings. The molecule has 1 aliphatic rings. The highest BCUT2D eigenvalue weighted by Crippen LogP contribution is 2.17. The summed E-state index contributed by atoms with van der Waals surface area (Å²) in [7, 11) is 0. The van der Waals surface area contributed by atoms with Gasteiger partial charge in [0.15, 0.2) is 5.78 Å². The number of nitrogens with one attached hydrogen (secondary N) is 1.